The third kappa shape index (κ3) is 6.08. The Morgan fingerprint density at radius 3 is 2.17 bits per heavy atom. The molecule has 1 aliphatic carbocycles. The van der Waals surface area contributed by atoms with Crippen LogP contribution in [0.1, 0.15) is 70.4 Å². The minimum Gasteiger partial charge on any atom is -0.493 e. The van der Waals surface area contributed by atoms with Gasteiger partial charge in [-0.2, -0.15) is 0 Å². The zero-order valence-electron chi connectivity index (χ0n) is 28.9. The molecule has 3 heterocycles. The highest BCUT2D eigenvalue weighted by molar-refractivity contribution is 6.02. The number of ketones is 1. The van der Waals surface area contributed by atoms with E-state index in [-0.39, 0.29) is 29.6 Å². The van der Waals surface area contributed by atoms with E-state index in [0.29, 0.717) is 61.6 Å². The molecule has 2 aromatic rings. The molecule has 3 aliphatic heterocycles. The Morgan fingerprint density at radius 1 is 0.917 bits per heavy atom. The summed E-state index contributed by atoms with van der Waals surface area (Å²) >= 11 is 0. The maximum absolute atomic E-state index is 14.4. The van der Waals surface area contributed by atoms with Crippen LogP contribution in [0.5, 0.6) is 17.2 Å². The molecule has 3 N–H and O–H groups in total. The van der Waals surface area contributed by atoms with Crippen LogP contribution < -0.4 is 30.2 Å². The SMILES string of the molecule is COc1cc(C2C3=C(CC(C)(C)CC3=O)Nc3ccccc3N2CC(=O)N2CCC(C(N)=O)(N3CCCCC3)CC2)cc(OC)c1OC. The van der Waals surface area contributed by atoms with Gasteiger partial charge in [-0.25, -0.2) is 0 Å². The summed E-state index contributed by atoms with van der Waals surface area (Å²) in [6.45, 7) is 6.80. The van der Waals surface area contributed by atoms with Gasteiger partial charge in [0.15, 0.2) is 17.3 Å². The first-order valence-electron chi connectivity index (χ1n) is 17.0. The Bertz CT molecular complexity index is 1580. The molecule has 2 fully saturated rings. The predicted octanol–water partition coefficient (Wildman–Crippen LogP) is 4.66. The van der Waals surface area contributed by atoms with Crippen molar-refractivity contribution in [1.82, 2.24) is 9.80 Å². The molecule has 0 saturated carbocycles. The van der Waals surface area contributed by atoms with Crippen LogP contribution in [0.2, 0.25) is 0 Å². The van der Waals surface area contributed by atoms with Crippen LogP contribution in [0.4, 0.5) is 11.4 Å². The fourth-order valence-electron chi connectivity index (χ4n) is 8.25. The first-order valence-corrected chi connectivity index (χ1v) is 17.0. The number of fused-ring (bicyclic) bond motifs is 1. The number of para-hydroxylation sites is 2. The number of carbonyl (C=O) groups excluding carboxylic acids is 3. The topological polar surface area (TPSA) is 127 Å². The van der Waals surface area contributed by atoms with Gasteiger partial charge >= 0.3 is 0 Å². The lowest BCUT2D eigenvalue weighted by Crippen LogP contribution is -2.64. The van der Waals surface area contributed by atoms with Crippen LogP contribution in [0.25, 0.3) is 0 Å². The molecule has 0 aromatic heterocycles. The van der Waals surface area contributed by atoms with Gasteiger partial charge in [0.1, 0.15) is 5.54 Å². The number of hydrogen-bond donors (Lipinski definition) is 2. The average Bonchev–Trinajstić information content (AvgIpc) is 3.21. The van der Waals surface area contributed by atoms with Gasteiger partial charge < -0.3 is 35.1 Å². The van der Waals surface area contributed by atoms with Crippen LogP contribution in [0.15, 0.2) is 47.7 Å². The van der Waals surface area contributed by atoms with E-state index in [2.05, 4.69) is 24.1 Å². The van der Waals surface area contributed by atoms with Crippen LogP contribution in [0, 0.1) is 5.41 Å². The highest BCUT2D eigenvalue weighted by Gasteiger charge is 2.47. The van der Waals surface area contributed by atoms with Crippen molar-refractivity contribution in [3.05, 3.63) is 53.2 Å². The van der Waals surface area contributed by atoms with Gasteiger partial charge in [-0.1, -0.05) is 32.4 Å². The fraction of sp³-hybridized carbons (Fsp3) is 0.541. The molecule has 1 unspecified atom stereocenters. The van der Waals surface area contributed by atoms with Crippen LogP contribution in [0.3, 0.4) is 0 Å². The number of likely N-dealkylation sites (tertiary alicyclic amines) is 2. The monoisotopic (exact) mass is 659 g/mol. The van der Waals surface area contributed by atoms with Gasteiger partial charge in [-0.05, 0) is 80.4 Å². The number of primary amides is 1. The van der Waals surface area contributed by atoms with Crippen molar-refractivity contribution in [1.29, 1.82) is 0 Å². The Hall–Kier alpha value is -4.25. The first-order chi connectivity index (χ1) is 23.0. The predicted molar refractivity (Wildman–Crippen MR) is 184 cm³/mol. The van der Waals surface area contributed by atoms with E-state index in [1.54, 1.807) is 21.3 Å². The summed E-state index contributed by atoms with van der Waals surface area (Å²) in [5.41, 5.74) is 8.95. The van der Waals surface area contributed by atoms with Gasteiger partial charge in [0, 0.05) is 30.8 Å². The largest absolute Gasteiger partial charge is 0.493 e. The number of methoxy groups -OCH3 is 3. The third-order valence-electron chi connectivity index (χ3n) is 10.7. The van der Waals surface area contributed by atoms with Gasteiger partial charge in [0.25, 0.3) is 0 Å². The summed E-state index contributed by atoms with van der Waals surface area (Å²) in [6.07, 6.45) is 5.32. The number of benzene rings is 2. The minimum absolute atomic E-state index is 0.0146. The molecule has 258 valence electrons. The molecule has 11 nitrogen and oxygen atoms in total. The number of piperidine rings is 2. The Balaban J connectivity index is 1.41. The van der Waals surface area contributed by atoms with Gasteiger partial charge in [-0.15, -0.1) is 0 Å². The van der Waals surface area contributed by atoms with Crippen molar-refractivity contribution < 1.29 is 28.6 Å². The molecule has 2 saturated heterocycles. The normalized spacial score (nSPS) is 22.2. The molecule has 2 amide bonds. The van der Waals surface area contributed by atoms with Gasteiger partial charge in [-0.3, -0.25) is 19.3 Å². The van der Waals surface area contributed by atoms with E-state index in [4.69, 9.17) is 19.9 Å². The number of nitrogens with zero attached hydrogens (tertiary/aromatic N) is 3. The Kier molecular flexibility index (Phi) is 9.35. The van der Waals surface area contributed by atoms with Gasteiger partial charge in [0.05, 0.1) is 45.3 Å². The van der Waals surface area contributed by atoms with Crippen molar-refractivity contribution in [3.8, 4) is 17.2 Å². The minimum atomic E-state index is -0.726. The average molecular weight is 660 g/mol. The van der Waals surface area contributed by atoms with Crippen molar-refractivity contribution in [2.75, 3.05) is 64.3 Å². The summed E-state index contributed by atoms with van der Waals surface area (Å²) in [4.78, 5) is 47.6. The standard InChI is InChI=1S/C37H49N5O6/c1-36(2)21-26-32(28(43)22-36)33(24-19-29(46-3)34(48-5)30(20-24)47-4)42(27-12-8-7-11-25(27)39-26)23-31(44)40-17-13-37(14-18-40,35(38)45)41-15-9-6-10-16-41/h7-8,11-12,19-20,33,39H,6,9-10,13-18,21-23H2,1-5H3,(H2,38,45). The summed E-state index contributed by atoms with van der Waals surface area (Å²) in [5.74, 6) is 1.03. The molecule has 0 spiro atoms. The molecule has 0 bridgehead atoms. The molecule has 48 heavy (non-hydrogen) atoms. The van der Waals surface area contributed by atoms with Crippen molar-refractivity contribution >= 4 is 29.0 Å². The van der Waals surface area contributed by atoms with E-state index in [1.807, 2.05) is 46.2 Å². The number of nitrogens with two attached hydrogens (primary N) is 1. The summed E-state index contributed by atoms with van der Waals surface area (Å²) in [7, 11) is 4.69. The maximum atomic E-state index is 14.4. The van der Waals surface area contributed by atoms with Crippen LogP contribution in [-0.4, -0.2) is 87.0 Å². The van der Waals surface area contributed by atoms with Crippen molar-refractivity contribution in [2.24, 2.45) is 11.1 Å². The zero-order chi connectivity index (χ0) is 34.2. The number of nitrogens with one attached hydrogen (secondary N) is 1. The molecule has 0 radical (unpaired) electrons. The number of Topliss-reactive ketones (excluding diaryl/α,β-unsaturated/α-hetero) is 1. The second kappa shape index (κ2) is 13.3. The number of hydrogen-bond acceptors (Lipinski definition) is 9. The first kappa shape index (κ1) is 33.6. The number of amides is 2. The second-order valence-electron chi connectivity index (χ2n) is 14.3. The van der Waals surface area contributed by atoms with E-state index in [1.165, 1.54) is 0 Å². The summed E-state index contributed by atoms with van der Waals surface area (Å²) < 4.78 is 17.1. The smallest absolute Gasteiger partial charge is 0.242 e. The maximum Gasteiger partial charge on any atom is 0.242 e. The number of carbonyl (C=O) groups is 3. The number of allylic oxidation sites excluding steroid dienone is 1. The molecule has 6 rings (SSSR count). The molecule has 2 aromatic carbocycles. The van der Waals surface area contributed by atoms with Crippen LogP contribution in [-0.2, 0) is 14.4 Å². The lowest BCUT2D eigenvalue weighted by molar-refractivity contribution is -0.141. The Morgan fingerprint density at radius 2 is 1.56 bits per heavy atom. The van der Waals surface area contributed by atoms with Crippen molar-refractivity contribution in [3.63, 3.8) is 0 Å². The van der Waals surface area contributed by atoms with E-state index in [9.17, 15) is 14.4 Å². The lowest BCUT2D eigenvalue weighted by atomic mass is 9.73. The summed E-state index contributed by atoms with van der Waals surface area (Å²) in [6, 6.07) is 11.0. The van der Waals surface area contributed by atoms with E-state index < -0.39 is 11.6 Å². The Labute approximate surface area is 283 Å². The molecule has 11 heteroatoms. The summed E-state index contributed by atoms with van der Waals surface area (Å²) in [5, 5.41) is 3.62. The highest BCUT2D eigenvalue weighted by Crippen LogP contribution is 2.50. The molecular weight excluding hydrogens is 610 g/mol. The van der Waals surface area contributed by atoms with E-state index >= 15 is 0 Å². The lowest BCUT2D eigenvalue weighted by Gasteiger charge is -2.48. The fourth-order valence-corrected chi connectivity index (χ4v) is 8.25. The van der Waals surface area contributed by atoms with Gasteiger partial charge in [0.2, 0.25) is 17.6 Å². The number of anilines is 2. The van der Waals surface area contributed by atoms with Crippen LogP contribution >= 0.6 is 0 Å². The van der Waals surface area contributed by atoms with Crippen molar-refractivity contribution in [2.45, 2.75) is 70.4 Å². The third-order valence-corrected chi connectivity index (χ3v) is 10.7. The zero-order valence-corrected chi connectivity index (χ0v) is 28.9. The number of ether oxygens (including phenoxy) is 3. The molecule has 4 aliphatic rings. The highest BCUT2D eigenvalue weighted by atomic mass is 16.5. The number of rotatable bonds is 8. The molecular formula is C37H49N5O6. The second-order valence-corrected chi connectivity index (χ2v) is 14.3. The van der Waals surface area contributed by atoms with E-state index in [0.717, 1.165) is 55.0 Å². The quantitative estimate of drug-likeness (QED) is 0.416. The molecule has 1 atom stereocenters.